The fraction of sp³-hybridized carbons (Fsp3) is 0.321. The van der Waals surface area contributed by atoms with Gasteiger partial charge < -0.3 is 14.8 Å². The van der Waals surface area contributed by atoms with Crippen LogP contribution in [0.4, 0.5) is 5.69 Å². The minimum atomic E-state index is -1.24. The van der Waals surface area contributed by atoms with Crippen LogP contribution in [-0.2, 0) is 17.6 Å². The lowest BCUT2D eigenvalue weighted by Gasteiger charge is -2.34. The average molecular weight is 518 g/mol. The summed E-state index contributed by atoms with van der Waals surface area (Å²) in [6, 6.07) is 12.4. The normalized spacial score (nSPS) is 19.7. The molecule has 2 N–H and O–H groups in total. The Morgan fingerprint density at radius 2 is 1.79 bits per heavy atom. The number of phenolic OH excluding ortho intramolecular Hbond substituents is 1. The van der Waals surface area contributed by atoms with Crippen molar-refractivity contribution in [3.8, 4) is 5.75 Å². The number of aromatic hydroxyl groups is 1. The van der Waals surface area contributed by atoms with Gasteiger partial charge in [-0.1, -0.05) is 31.0 Å². The van der Waals surface area contributed by atoms with E-state index in [1.165, 1.54) is 24.3 Å². The van der Waals surface area contributed by atoms with Gasteiger partial charge in [0.2, 0.25) is 5.91 Å². The number of benzene rings is 2. The molecular formula is C28H27N3O7. The van der Waals surface area contributed by atoms with Crippen molar-refractivity contribution in [2.24, 2.45) is 5.92 Å². The van der Waals surface area contributed by atoms with E-state index in [-0.39, 0.29) is 29.5 Å². The van der Waals surface area contributed by atoms with Crippen molar-refractivity contribution in [2.75, 3.05) is 0 Å². The van der Waals surface area contributed by atoms with Gasteiger partial charge in [0.1, 0.15) is 11.8 Å². The van der Waals surface area contributed by atoms with Gasteiger partial charge in [0.05, 0.1) is 22.3 Å². The molecule has 5 rings (SSSR count). The highest BCUT2D eigenvalue weighted by molar-refractivity contribution is 6.22. The van der Waals surface area contributed by atoms with E-state index in [2.05, 4.69) is 5.32 Å². The van der Waals surface area contributed by atoms with Crippen LogP contribution in [0.5, 0.6) is 5.75 Å². The number of nitrogens with one attached hydrogen (secondary N) is 1. The molecule has 1 aliphatic heterocycles. The fourth-order valence-corrected chi connectivity index (χ4v) is 5.47. The predicted molar refractivity (Wildman–Crippen MR) is 135 cm³/mol. The summed E-state index contributed by atoms with van der Waals surface area (Å²) < 4.78 is 5.52. The Balaban J connectivity index is 1.45. The van der Waals surface area contributed by atoms with Gasteiger partial charge in [0.25, 0.3) is 11.8 Å². The van der Waals surface area contributed by atoms with Crippen molar-refractivity contribution in [2.45, 2.75) is 50.6 Å². The second-order valence-electron chi connectivity index (χ2n) is 9.77. The quantitative estimate of drug-likeness (QED) is 0.261. The van der Waals surface area contributed by atoms with Crippen LogP contribution in [0.25, 0.3) is 0 Å². The molecule has 3 aromatic rings. The van der Waals surface area contributed by atoms with Crippen LogP contribution in [0.15, 0.2) is 65.3 Å². The van der Waals surface area contributed by atoms with Gasteiger partial charge in [0.15, 0.2) is 5.75 Å². The lowest BCUT2D eigenvalue weighted by molar-refractivity contribution is -0.385. The lowest BCUT2D eigenvalue weighted by atomic mass is 9.81. The Kier molecular flexibility index (Phi) is 6.95. The third kappa shape index (κ3) is 4.89. The number of carbonyl (C=O) groups is 3. The third-order valence-corrected chi connectivity index (χ3v) is 7.39. The zero-order chi connectivity index (χ0) is 26.8. The number of nitro groups is 1. The zero-order valence-electron chi connectivity index (χ0n) is 20.5. The van der Waals surface area contributed by atoms with Gasteiger partial charge >= 0.3 is 5.69 Å². The summed E-state index contributed by atoms with van der Waals surface area (Å²) in [6.07, 6.45) is 5.72. The molecule has 0 unspecified atom stereocenters. The molecule has 1 aromatic heterocycles. The van der Waals surface area contributed by atoms with Crippen LogP contribution in [0.1, 0.15) is 57.7 Å². The Labute approximate surface area is 218 Å². The predicted octanol–water partition coefficient (Wildman–Crippen LogP) is 4.02. The van der Waals surface area contributed by atoms with Crippen molar-refractivity contribution in [1.29, 1.82) is 0 Å². The monoisotopic (exact) mass is 517 g/mol. The summed E-state index contributed by atoms with van der Waals surface area (Å²) in [7, 11) is 0. The summed E-state index contributed by atoms with van der Waals surface area (Å²) in [5.74, 6) is -1.25. The molecule has 0 radical (unpaired) electrons. The summed E-state index contributed by atoms with van der Waals surface area (Å²) in [5, 5.41) is 24.3. The molecule has 10 heteroatoms. The van der Waals surface area contributed by atoms with Crippen LogP contribution in [0.2, 0.25) is 0 Å². The Morgan fingerprint density at radius 1 is 1.08 bits per heavy atom. The first-order valence-electron chi connectivity index (χ1n) is 12.6. The third-order valence-electron chi connectivity index (χ3n) is 7.39. The van der Waals surface area contributed by atoms with E-state index >= 15 is 0 Å². The summed E-state index contributed by atoms with van der Waals surface area (Å²) in [4.78, 5) is 52.0. The molecule has 2 heterocycles. The molecule has 2 aromatic carbocycles. The minimum Gasteiger partial charge on any atom is -0.502 e. The Hall–Kier alpha value is -4.47. The van der Waals surface area contributed by atoms with E-state index in [1.807, 2.05) is 12.1 Å². The van der Waals surface area contributed by atoms with Crippen molar-refractivity contribution >= 4 is 23.4 Å². The second kappa shape index (κ2) is 10.5. The molecule has 1 fully saturated rings. The maximum absolute atomic E-state index is 13.8. The smallest absolute Gasteiger partial charge is 0.310 e. The molecule has 3 atom stereocenters. The molecule has 0 spiro atoms. The number of rotatable bonds is 8. The van der Waals surface area contributed by atoms with Crippen LogP contribution in [-0.4, -0.2) is 44.7 Å². The number of hydrogen-bond acceptors (Lipinski definition) is 7. The van der Waals surface area contributed by atoms with Gasteiger partial charge in [-0.25, -0.2) is 0 Å². The van der Waals surface area contributed by atoms with Gasteiger partial charge in [-0.3, -0.25) is 29.4 Å². The highest BCUT2D eigenvalue weighted by atomic mass is 16.6. The molecule has 1 saturated carbocycles. The van der Waals surface area contributed by atoms with Crippen LogP contribution >= 0.6 is 0 Å². The van der Waals surface area contributed by atoms with E-state index < -0.39 is 40.1 Å². The van der Waals surface area contributed by atoms with Crippen molar-refractivity contribution in [3.63, 3.8) is 0 Å². The first-order valence-corrected chi connectivity index (χ1v) is 12.6. The van der Waals surface area contributed by atoms with Crippen molar-refractivity contribution in [1.82, 2.24) is 10.2 Å². The molecule has 196 valence electrons. The standard InChI is InChI=1S/C28H27N3O7/c32-25-12-11-17(14-23(25)31(36)37)15-24(30-27(34)20-8-2-3-9-21(20)28(30)35)26(33)29-22-10-4-1-6-18(22)16-19-7-5-13-38-19/h2-3,5,7-9,11-14,18,22,24,32H,1,4,6,10,15-16H2,(H,29,33)/t18-,22+,24+/m1/s1. The summed E-state index contributed by atoms with van der Waals surface area (Å²) in [5.41, 5.74) is 0.234. The van der Waals surface area contributed by atoms with Crippen LogP contribution in [0.3, 0.4) is 0 Å². The highest BCUT2D eigenvalue weighted by Crippen LogP contribution is 2.31. The van der Waals surface area contributed by atoms with Gasteiger partial charge in [0, 0.05) is 24.9 Å². The lowest BCUT2D eigenvalue weighted by Crippen LogP contribution is -2.54. The van der Waals surface area contributed by atoms with Gasteiger partial charge in [-0.15, -0.1) is 0 Å². The fourth-order valence-electron chi connectivity index (χ4n) is 5.47. The van der Waals surface area contributed by atoms with Crippen LogP contribution < -0.4 is 5.32 Å². The molecule has 0 saturated heterocycles. The Morgan fingerprint density at radius 3 is 2.45 bits per heavy atom. The molecular weight excluding hydrogens is 490 g/mol. The molecule has 38 heavy (non-hydrogen) atoms. The molecule has 2 aliphatic rings. The molecule has 10 nitrogen and oxygen atoms in total. The second-order valence-corrected chi connectivity index (χ2v) is 9.77. The van der Waals surface area contributed by atoms with Crippen LogP contribution in [0, 0.1) is 16.0 Å². The summed E-state index contributed by atoms with van der Waals surface area (Å²) in [6.45, 7) is 0. The SMILES string of the molecule is O=C(N[C@H]1CCCC[C@@H]1Cc1ccco1)[C@H](Cc1ccc(O)c([N+](=O)[O-])c1)N1C(=O)c2ccccc2C1=O. The number of amides is 3. The molecule has 0 bridgehead atoms. The molecule has 1 aliphatic carbocycles. The largest absolute Gasteiger partial charge is 0.502 e. The highest BCUT2D eigenvalue weighted by Gasteiger charge is 2.43. The number of phenols is 1. The number of furan rings is 1. The van der Waals surface area contributed by atoms with Gasteiger partial charge in [-0.05, 0) is 54.7 Å². The maximum Gasteiger partial charge on any atom is 0.310 e. The van der Waals surface area contributed by atoms with E-state index in [9.17, 15) is 29.6 Å². The number of imide groups is 1. The van der Waals surface area contributed by atoms with E-state index in [1.54, 1.807) is 18.4 Å². The van der Waals surface area contributed by atoms with E-state index in [0.29, 0.717) is 12.0 Å². The number of nitrogens with zero attached hydrogens (tertiary/aromatic N) is 2. The maximum atomic E-state index is 13.8. The van der Waals surface area contributed by atoms with E-state index in [0.717, 1.165) is 42.4 Å². The van der Waals surface area contributed by atoms with E-state index in [4.69, 9.17) is 4.42 Å². The van der Waals surface area contributed by atoms with Crippen molar-refractivity contribution in [3.05, 3.63) is 93.4 Å². The minimum absolute atomic E-state index is 0.122. The summed E-state index contributed by atoms with van der Waals surface area (Å²) >= 11 is 0. The first-order chi connectivity index (χ1) is 18.3. The zero-order valence-corrected chi connectivity index (χ0v) is 20.5. The average Bonchev–Trinajstić information content (AvgIpc) is 3.51. The Bertz CT molecular complexity index is 1350. The molecule has 3 amide bonds. The number of fused-ring (bicyclic) bond motifs is 1. The van der Waals surface area contributed by atoms with Gasteiger partial charge in [-0.2, -0.15) is 0 Å². The number of nitro benzene ring substituents is 1. The number of carbonyl (C=O) groups excluding carboxylic acids is 3. The topological polar surface area (TPSA) is 143 Å². The van der Waals surface area contributed by atoms with Crippen molar-refractivity contribution < 1.29 is 28.8 Å². The first kappa shape index (κ1) is 25.2. The number of hydrogen-bond donors (Lipinski definition) is 2.